The van der Waals surface area contributed by atoms with Gasteiger partial charge in [0.15, 0.2) is 5.16 Å². The predicted octanol–water partition coefficient (Wildman–Crippen LogP) is 2.87. The van der Waals surface area contributed by atoms with Gasteiger partial charge >= 0.3 is 0 Å². The number of hydrogen-bond acceptors (Lipinski definition) is 5. The molecule has 18 heavy (non-hydrogen) atoms. The molecular formula is C13H22N4S. The number of anilines is 2. The van der Waals surface area contributed by atoms with Crippen LogP contribution in [0.3, 0.4) is 0 Å². The highest BCUT2D eigenvalue weighted by Gasteiger charge is 2.24. The van der Waals surface area contributed by atoms with E-state index in [9.17, 15) is 0 Å². The largest absolute Gasteiger partial charge is 0.370 e. The van der Waals surface area contributed by atoms with Crippen molar-refractivity contribution in [2.24, 2.45) is 5.92 Å². The van der Waals surface area contributed by atoms with Crippen LogP contribution in [0.5, 0.6) is 0 Å². The highest BCUT2D eigenvalue weighted by Crippen LogP contribution is 2.31. The van der Waals surface area contributed by atoms with E-state index in [-0.39, 0.29) is 0 Å². The van der Waals surface area contributed by atoms with E-state index < -0.39 is 0 Å². The molecule has 1 aliphatic carbocycles. The first-order valence-electron chi connectivity index (χ1n) is 6.68. The van der Waals surface area contributed by atoms with E-state index in [1.54, 1.807) is 11.8 Å². The lowest BCUT2D eigenvalue weighted by molar-refractivity contribution is 0.723. The van der Waals surface area contributed by atoms with Crippen LogP contribution in [0.25, 0.3) is 0 Å². The normalized spacial score (nSPS) is 14.6. The minimum absolute atomic E-state index is 0.845. The van der Waals surface area contributed by atoms with Crippen LogP contribution in [0.15, 0.2) is 11.2 Å². The Kier molecular flexibility index (Phi) is 4.69. The lowest BCUT2D eigenvalue weighted by atomic mass is 10.3. The van der Waals surface area contributed by atoms with Gasteiger partial charge < -0.3 is 10.2 Å². The third kappa shape index (κ3) is 3.51. The van der Waals surface area contributed by atoms with Crippen LogP contribution >= 0.6 is 11.8 Å². The standard InChI is InChI=1S/C13H22N4S/c1-4-14-11-8-12(16-13(15-11)18-3)17(5-2)9-10-6-7-10/h8,10H,4-7,9H2,1-3H3,(H,14,15,16). The first kappa shape index (κ1) is 13.5. The number of thioether (sulfide) groups is 1. The molecule has 1 aliphatic rings. The quantitative estimate of drug-likeness (QED) is 0.607. The second-order valence-electron chi connectivity index (χ2n) is 4.61. The molecule has 0 spiro atoms. The molecule has 0 radical (unpaired) electrons. The van der Waals surface area contributed by atoms with Crippen LogP contribution < -0.4 is 10.2 Å². The van der Waals surface area contributed by atoms with Crippen LogP contribution in [-0.2, 0) is 0 Å². The SMILES string of the molecule is CCNc1cc(N(CC)CC2CC2)nc(SC)n1. The summed E-state index contributed by atoms with van der Waals surface area (Å²) in [5.74, 6) is 2.86. The Hall–Kier alpha value is -0.970. The van der Waals surface area contributed by atoms with Crippen LogP contribution in [0.2, 0.25) is 0 Å². The molecule has 2 rings (SSSR count). The van der Waals surface area contributed by atoms with Crippen molar-refractivity contribution in [1.29, 1.82) is 0 Å². The van der Waals surface area contributed by atoms with Crippen molar-refractivity contribution in [3.05, 3.63) is 6.07 Å². The predicted molar refractivity (Wildman–Crippen MR) is 78.6 cm³/mol. The molecule has 5 heteroatoms. The molecule has 1 fully saturated rings. The van der Waals surface area contributed by atoms with Gasteiger partial charge in [0.05, 0.1) is 0 Å². The number of nitrogens with zero attached hydrogens (tertiary/aromatic N) is 3. The van der Waals surface area contributed by atoms with Gasteiger partial charge in [-0.05, 0) is 38.9 Å². The molecule has 1 aromatic heterocycles. The maximum Gasteiger partial charge on any atom is 0.191 e. The smallest absolute Gasteiger partial charge is 0.191 e. The summed E-state index contributed by atoms with van der Waals surface area (Å²) in [6, 6.07) is 2.06. The Balaban J connectivity index is 2.19. The molecule has 0 bridgehead atoms. The summed E-state index contributed by atoms with van der Waals surface area (Å²) in [6.45, 7) is 7.30. The molecule has 100 valence electrons. The Morgan fingerprint density at radius 2 is 2.17 bits per heavy atom. The zero-order chi connectivity index (χ0) is 13.0. The highest BCUT2D eigenvalue weighted by molar-refractivity contribution is 7.98. The van der Waals surface area contributed by atoms with Crippen LogP contribution in [0.4, 0.5) is 11.6 Å². The minimum Gasteiger partial charge on any atom is -0.370 e. The van der Waals surface area contributed by atoms with Crippen molar-refractivity contribution in [3.63, 3.8) is 0 Å². The molecule has 1 saturated carbocycles. The summed E-state index contributed by atoms with van der Waals surface area (Å²) < 4.78 is 0. The van der Waals surface area contributed by atoms with Gasteiger partial charge in [0.25, 0.3) is 0 Å². The monoisotopic (exact) mass is 266 g/mol. The zero-order valence-electron chi connectivity index (χ0n) is 11.4. The van der Waals surface area contributed by atoms with Gasteiger partial charge in [0, 0.05) is 25.7 Å². The van der Waals surface area contributed by atoms with Gasteiger partial charge in [-0.3, -0.25) is 0 Å². The zero-order valence-corrected chi connectivity index (χ0v) is 12.3. The third-order valence-corrected chi connectivity index (χ3v) is 3.66. The van der Waals surface area contributed by atoms with Crippen molar-refractivity contribution in [1.82, 2.24) is 9.97 Å². The second-order valence-corrected chi connectivity index (χ2v) is 5.38. The number of rotatable bonds is 7. The fourth-order valence-electron chi connectivity index (χ4n) is 1.93. The molecule has 0 saturated heterocycles. The minimum atomic E-state index is 0.845. The summed E-state index contributed by atoms with van der Waals surface area (Å²) in [6.07, 6.45) is 4.76. The summed E-state index contributed by atoms with van der Waals surface area (Å²) in [5.41, 5.74) is 0. The van der Waals surface area contributed by atoms with E-state index in [0.717, 1.165) is 42.3 Å². The molecule has 4 nitrogen and oxygen atoms in total. The number of hydrogen-bond donors (Lipinski definition) is 1. The second kappa shape index (κ2) is 6.27. The molecule has 0 aliphatic heterocycles. The van der Waals surface area contributed by atoms with E-state index in [0.29, 0.717) is 0 Å². The maximum atomic E-state index is 4.62. The van der Waals surface area contributed by atoms with Crippen molar-refractivity contribution in [2.45, 2.75) is 31.8 Å². The third-order valence-electron chi connectivity index (χ3n) is 3.11. The molecule has 1 heterocycles. The Morgan fingerprint density at radius 3 is 2.72 bits per heavy atom. The van der Waals surface area contributed by atoms with Gasteiger partial charge in [-0.2, -0.15) is 0 Å². The average molecular weight is 266 g/mol. The highest BCUT2D eigenvalue weighted by atomic mass is 32.2. The Labute approximate surface area is 114 Å². The van der Waals surface area contributed by atoms with Crippen LogP contribution in [0, 0.1) is 5.92 Å². The fourth-order valence-corrected chi connectivity index (χ4v) is 2.31. The van der Waals surface area contributed by atoms with E-state index in [2.05, 4.69) is 40.1 Å². The molecule has 0 atom stereocenters. The number of aromatic nitrogens is 2. The molecule has 0 aromatic carbocycles. The average Bonchev–Trinajstić information content (AvgIpc) is 3.19. The molecule has 0 unspecified atom stereocenters. The summed E-state index contributed by atoms with van der Waals surface area (Å²) in [4.78, 5) is 11.5. The Bertz CT molecular complexity index is 393. The molecular weight excluding hydrogens is 244 g/mol. The first-order valence-corrected chi connectivity index (χ1v) is 7.91. The van der Waals surface area contributed by atoms with Gasteiger partial charge in [-0.15, -0.1) is 0 Å². The van der Waals surface area contributed by atoms with E-state index in [4.69, 9.17) is 0 Å². The van der Waals surface area contributed by atoms with Crippen molar-refractivity contribution >= 4 is 23.4 Å². The van der Waals surface area contributed by atoms with Crippen molar-refractivity contribution in [3.8, 4) is 0 Å². The number of nitrogens with one attached hydrogen (secondary N) is 1. The van der Waals surface area contributed by atoms with Gasteiger partial charge in [-0.1, -0.05) is 11.8 Å². The fraction of sp³-hybridized carbons (Fsp3) is 0.692. The van der Waals surface area contributed by atoms with Crippen LogP contribution in [0.1, 0.15) is 26.7 Å². The topological polar surface area (TPSA) is 41.0 Å². The van der Waals surface area contributed by atoms with Gasteiger partial charge in [-0.25, -0.2) is 9.97 Å². The van der Waals surface area contributed by atoms with E-state index in [1.165, 1.54) is 12.8 Å². The van der Waals surface area contributed by atoms with Gasteiger partial charge in [0.2, 0.25) is 0 Å². The lowest BCUT2D eigenvalue weighted by Gasteiger charge is -2.22. The summed E-state index contributed by atoms with van der Waals surface area (Å²) in [7, 11) is 0. The molecule has 1 N–H and O–H groups in total. The summed E-state index contributed by atoms with van der Waals surface area (Å²) in [5, 5.41) is 4.12. The molecule has 1 aromatic rings. The first-order chi connectivity index (χ1) is 8.76. The lowest BCUT2D eigenvalue weighted by Crippen LogP contribution is -2.26. The van der Waals surface area contributed by atoms with Gasteiger partial charge in [0.1, 0.15) is 11.6 Å². The Morgan fingerprint density at radius 1 is 1.39 bits per heavy atom. The van der Waals surface area contributed by atoms with E-state index in [1.807, 2.05) is 6.26 Å². The van der Waals surface area contributed by atoms with Crippen LogP contribution in [-0.4, -0.2) is 35.9 Å². The summed E-state index contributed by atoms with van der Waals surface area (Å²) >= 11 is 1.60. The maximum absolute atomic E-state index is 4.62. The van der Waals surface area contributed by atoms with E-state index >= 15 is 0 Å². The molecule has 0 amide bonds. The van der Waals surface area contributed by atoms with Crippen molar-refractivity contribution in [2.75, 3.05) is 36.1 Å². The van der Waals surface area contributed by atoms with Crippen molar-refractivity contribution < 1.29 is 0 Å².